The van der Waals surface area contributed by atoms with Gasteiger partial charge in [-0.25, -0.2) is 9.97 Å². The Morgan fingerprint density at radius 3 is 1.36 bits per heavy atom. The molecule has 12 nitrogen and oxygen atoms in total. The first-order chi connectivity index (χ1) is 15.4. The van der Waals surface area contributed by atoms with Gasteiger partial charge in [0, 0.05) is 23.3 Å². The molecule has 0 amide bonds. The summed E-state index contributed by atoms with van der Waals surface area (Å²) in [7, 11) is -8.33. The van der Waals surface area contributed by atoms with Gasteiger partial charge in [-0.1, -0.05) is 37.4 Å². The number of rotatable bonds is 13. The van der Waals surface area contributed by atoms with E-state index < -0.39 is 29.7 Å². The minimum absolute atomic E-state index is 0. The molecule has 198 valence electrons. The second-order valence-corrected chi connectivity index (χ2v) is 16.3. The topological polar surface area (TPSA) is 192 Å². The summed E-state index contributed by atoms with van der Waals surface area (Å²) in [5, 5.41) is 14.7. The molecule has 2 aromatic heterocycles. The van der Waals surface area contributed by atoms with E-state index in [2.05, 4.69) is 30.4 Å². The predicted molar refractivity (Wildman–Crippen MR) is 134 cm³/mol. The maximum absolute atomic E-state index is 11.5. The minimum Gasteiger partial charge on any atom is -1.00 e. The largest absolute Gasteiger partial charge is 1.00 e. The molecule has 2 heterocycles. The van der Waals surface area contributed by atoms with Gasteiger partial charge in [0.25, 0.3) is 20.2 Å². The molecular formula is C18H34N6Na2O6S4. The molecule has 0 saturated heterocycles. The molecule has 0 saturated carbocycles. The fourth-order valence-corrected chi connectivity index (χ4v) is 6.53. The average Bonchev–Trinajstić information content (AvgIpc) is 3.26. The van der Waals surface area contributed by atoms with Crippen LogP contribution >= 0.6 is 23.5 Å². The van der Waals surface area contributed by atoms with Crippen molar-refractivity contribution in [2.24, 2.45) is 0 Å². The number of H-pyrrole nitrogens is 2. The second-order valence-electron chi connectivity index (χ2n) is 9.36. The summed E-state index contributed by atoms with van der Waals surface area (Å²) in [5.74, 6) is 1.27. The van der Waals surface area contributed by atoms with Crippen LogP contribution in [0.5, 0.6) is 0 Å². The molecule has 36 heavy (non-hydrogen) atoms. The first kappa shape index (κ1) is 36.8. The average molecular weight is 605 g/mol. The summed E-state index contributed by atoms with van der Waals surface area (Å²) in [5.41, 5.74) is 0. The second kappa shape index (κ2) is 14.4. The number of nitrogens with zero attached hydrogens (tertiary/aromatic N) is 4. The molecular weight excluding hydrogens is 570 g/mol. The van der Waals surface area contributed by atoms with Crippen LogP contribution in [-0.2, 0) is 33.1 Å². The molecule has 0 aliphatic heterocycles. The van der Waals surface area contributed by atoms with Gasteiger partial charge in [-0.05, 0) is 40.5 Å². The van der Waals surface area contributed by atoms with Gasteiger partial charge in [0.15, 0.2) is 0 Å². The standard InChI is InChI=1S/C18H32N6O6S4.2Na.2H/c1-11(9-17(3,4)33(25,26)27)31-15-19-13(21-23-15)7-8-14-20-16(24-22-14)32-12(2)10-18(5,6)34(28,29)30;;;;/h11-12H,7-10H2,1-6H3,(H,19,21,23)(H,20,22,24)(H,25,26,27)(H,28,29,30);;;;/q;2*+1;2*-1. The molecule has 0 fully saturated rings. The molecule has 4 N–H and O–H groups in total. The zero-order valence-electron chi connectivity index (χ0n) is 23.9. The molecule has 18 heteroatoms. The Morgan fingerprint density at radius 2 is 1.08 bits per heavy atom. The summed E-state index contributed by atoms with van der Waals surface area (Å²) in [4.78, 5) is 8.82. The van der Waals surface area contributed by atoms with Gasteiger partial charge in [-0.3, -0.25) is 19.3 Å². The quantitative estimate of drug-likeness (QED) is 0.103. The van der Waals surface area contributed by atoms with Crippen molar-refractivity contribution >= 4 is 43.8 Å². The van der Waals surface area contributed by atoms with Crippen molar-refractivity contribution in [1.29, 1.82) is 0 Å². The summed E-state index contributed by atoms with van der Waals surface area (Å²) >= 11 is 2.63. The summed E-state index contributed by atoms with van der Waals surface area (Å²) in [6, 6.07) is 0. The normalized spacial score (nSPS) is 14.6. The van der Waals surface area contributed by atoms with Gasteiger partial charge in [-0.15, -0.1) is 10.2 Å². The summed E-state index contributed by atoms with van der Waals surface area (Å²) in [6.07, 6.45) is 1.50. The van der Waals surface area contributed by atoms with E-state index in [-0.39, 0.29) is 85.3 Å². The molecule has 0 radical (unpaired) electrons. The van der Waals surface area contributed by atoms with Crippen molar-refractivity contribution in [3.63, 3.8) is 0 Å². The Morgan fingerprint density at radius 1 is 0.778 bits per heavy atom. The molecule has 0 bridgehead atoms. The van der Waals surface area contributed by atoms with Gasteiger partial charge >= 0.3 is 59.1 Å². The first-order valence-electron chi connectivity index (χ1n) is 10.5. The van der Waals surface area contributed by atoms with E-state index in [1.807, 2.05) is 13.8 Å². The fraction of sp³-hybridized carbons (Fsp3) is 0.778. The van der Waals surface area contributed by atoms with Crippen molar-refractivity contribution in [3.8, 4) is 0 Å². The fourth-order valence-electron chi connectivity index (χ4n) is 3.16. The maximum Gasteiger partial charge on any atom is 1.00 e. The smallest absolute Gasteiger partial charge is 1.00 e. The van der Waals surface area contributed by atoms with Crippen molar-refractivity contribution in [2.75, 3.05) is 0 Å². The first-order valence-corrected chi connectivity index (χ1v) is 15.1. The molecule has 2 aromatic rings. The predicted octanol–water partition coefficient (Wildman–Crippen LogP) is -2.98. The van der Waals surface area contributed by atoms with Crippen LogP contribution in [-0.4, -0.2) is 76.3 Å². The molecule has 2 unspecified atom stereocenters. The van der Waals surface area contributed by atoms with Gasteiger partial charge in [0.2, 0.25) is 10.3 Å². The third kappa shape index (κ3) is 11.1. The number of aromatic amines is 2. The monoisotopic (exact) mass is 604 g/mol. The number of thioether (sulfide) groups is 2. The van der Waals surface area contributed by atoms with E-state index in [0.29, 0.717) is 34.8 Å². The number of nitrogens with one attached hydrogen (secondary N) is 2. The van der Waals surface area contributed by atoms with Crippen LogP contribution in [0.1, 0.15) is 68.9 Å². The Bertz CT molecular complexity index is 1110. The molecule has 0 spiro atoms. The Kier molecular flexibility index (Phi) is 14.8. The SMILES string of the molecule is CC(CC(C)(C)S(=O)(=O)O)Sc1n[nH]c(CCc2nc(SC(C)CC(C)(C)S(=O)(=O)O)n[nH]2)n1.[H-].[H-].[Na+].[Na+]. The van der Waals surface area contributed by atoms with E-state index in [1.54, 1.807) is 0 Å². The van der Waals surface area contributed by atoms with Crippen molar-refractivity contribution in [3.05, 3.63) is 11.6 Å². The van der Waals surface area contributed by atoms with E-state index in [1.165, 1.54) is 51.2 Å². The van der Waals surface area contributed by atoms with E-state index in [0.717, 1.165) is 0 Å². The molecule has 2 rings (SSSR count). The zero-order chi connectivity index (χ0) is 25.9. The van der Waals surface area contributed by atoms with Gasteiger partial charge in [-0.2, -0.15) is 16.8 Å². The molecule has 0 aliphatic carbocycles. The Balaban J connectivity index is -0.00000306. The third-order valence-corrected chi connectivity index (χ3v) is 10.2. The van der Waals surface area contributed by atoms with Gasteiger partial charge in [0.05, 0.1) is 9.49 Å². The van der Waals surface area contributed by atoms with Crippen LogP contribution in [0.3, 0.4) is 0 Å². The van der Waals surface area contributed by atoms with Gasteiger partial charge in [0.1, 0.15) is 11.6 Å². The Labute approximate surface area is 268 Å². The van der Waals surface area contributed by atoms with Crippen LogP contribution in [0.25, 0.3) is 0 Å². The summed E-state index contributed by atoms with van der Waals surface area (Å²) in [6.45, 7) is 9.59. The van der Waals surface area contributed by atoms with Crippen LogP contribution in [0.4, 0.5) is 0 Å². The number of aryl methyl sites for hydroxylation is 2. The van der Waals surface area contributed by atoms with Crippen LogP contribution < -0.4 is 59.1 Å². The summed E-state index contributed by atoms with van der Waals surface area (Å²) < 4.78 is 62.1. The molecule has 0 aromatic carbocycles. The molecule has 2 atom stereocenters. The van der Waals surface area contributed by atoms with Crippen molar-refractivity contribution in [2.45, 2.75) is 97.5 Å². The van der Waals surface area contributed by atoms with E-state index >= 15 is 0 Å². The zero-order valence-corrected chi connectivity index (χ0v) is 29.2. The van der Waals surface area contributed by atoms with Crippen LogP contribution in [0, 0.1) is 0 Å². The molecule has 0 aliphatic rings. The van der Waals surface area contributed by atoms with E-state index in [4.69, 9.17) is 0 Å². The van der Waals surface area contributed by atoms with Crippen molar-refractivity contribution in [1.82, 2.24) is 30.4 Å². The van der Waals surface area contributed by atoms with E-state index in [9.17, 15) is 25.9 Å². The Hall–Kier alpha value is 0.800. The number of aromatic nitrogens is 6. The van der Waals surface area contributed by atoms with Crippen LogP contribution in [0.15, 0.2) is 10.3 Å². The van der Waals surface area contributed by atoms with Crippen molar-refractivity contribution < 1.29 is 87.9 Å². The third-order valence-electron chi connectivity index (χ3n) is 5.19. The number of hydrogen-bond acceptors (Lipinski definition) is 10. The van der Waals surface area contributed by atoms with Crippen LogP contribution in [0.2, 0.25) is 0 Å². The number of hydrogen-bond donors (Lipinski definition) is 4. The van der Waals surface area contributed by atoms with Gasteiger partial charge < -0.3 is 2.85 Å². The maximum atomic E-state index is 11.5. The minimum atomic E-state index is -4.16.